The van der Waals surface area contributed by atoms with E-state index in [-0.39, 0.29) is 13.2 Å². The van der Waals surface area contributed by atoms with Crippen molar-refractivity contribution < 1.29 is 32.9 Å². The lowest BCUT2D eigenvalue weighted by Gasteiger charge is -2.22. The summed E-state index contributed by atoms with van der Waals surface area (Å²) in [5.74, 6) is 0. The Hall–Kier alpha value is -0.860. The fourth-order valence-corrected chi connectivity index (χ4v) is 4.40. The third kappa shape index (κ3) is 17.3. The second-order valence-electron chi connectivity index (χ2n) is 9.12. The Kier molecular flexibility index (Phi) is 18.6. The Bertz CT molecular complexity index is 618. The van der Waals surface area contributed by atoms with Crippen LogP contribution >= 0.6 is 8.17 Å². The molecule has 9 heteroatoms. The van der Waals surface area contributed by atoms with Gasteiger partial charge in [0, 0.05) is 45.1 Å². The summed E-state index contributed by atoms with van der Waals surface area (Å²) >= 11 is 0. The SMILES string of the molecule is CCCCCCCCCCCCOC[C@H](CO[P+]([O-])(O)OCC[n+]1ccc(N(C)C)cc1)OCC. The van der Waals surface area contributed by atoms with Crippen molar-refractivity contribution in [2.75, 3.05) is 52.0 Å². The summed E-state index contributed by atoms with van der Waals surface area (Å²) in [7, 11) is -0.213. The normalized spacial score (nSPS) is 14.1. The Labute approximate surface area is 214 Å². The molecule has 204 valence electrons. The average Bonchev–Trinajstić information content (AvgIpc) is 2.83. The van der Waals surface area contributed by atoms with E-state index in [1.54, 1.807) is 0 Å². The highest BCUT2D eigenvalue weighted by Crippen LogP contribution is 2.47. The minimum Gasteiger partial charge on any atom is -0.606 e. The lowest BCUT2D eigenvalue weighted by atomic mass is 10.1. The molecule has 1 aromatic rings. The van der Waals surface area contributed by atoms with Crippen molar-refractivity contribution in [3.8, 4) is 0 Å². The maximum absolute atomic E-state index is 12.2. The number of ether oxygens (including phenoxy) is 2. The van der Waals surface area contributed by atoms with Crippen LogP contribution in [0.15, 0.2) is 24.5 Å². The number of phosphoric ester groups is 1. The summed E-state index contributed by atoms with van der Waals surface area (Å²) in [5.41, 5.74) is 1.08. The van der Waals surface area contributed by atoms with E-state index in [9.17, 15) is 9.79 Å². The van der Waals surface area contributed by atoms with Crippen molar-refractivity contribution in [3.63, 3.8) is 0 Å². The second-order valence-corrected chi connectivity index (χ2v) is 10.6. The van der Waals surface area contributed by atoms with Crippen molar-refractivity contribution in [2.24, 2.45) is 0 Å². The first-order valence-electron chi connectivity index (χ1n) is 13.4. The van der Waals surface area contributed by atoms with E-state index in [1.165, 1.54) is 57.8 Å². The van der Waals surface area contributed by atoms with Gasteiger partial charge in [0.1, 0.15) is 12.7 Å². The van der Waals surface area contributed by atoms with Crippen molar-refractivity contribution in [3.05, 3.63) is 24.5 Å². The van der Waals surface area contributed by atoms with Crippen molar-refractivity contribution >= 4 is 13.9 Å². The number of pyridine rings is 1. The Morgan fingerprint density at radius 2 is 1.49 bits per heavy atom. The van der Waals surface area contributed by atoms with Gasteiger partial charge < -0.3 is 19.3 Å². The van der Waals surface area contributed by atoms with Gasteiger partial charge in [-0.05, 0) is 13.3 Å². The predicted octanol–water partition coefficient (Wildman–Crippen LogP) is 4.45. The molecule has 1 N–H and O–H groups in total. The summed E-state index contributed by atoms with van der Waals surface area (Å²) in [5, 5.41) is 0. The van der Waals surface area contributed by atoms with Crippen LogP contribution in [0.3, 0.4) is 0 Å². The number of hydrogen-bond acceptors (Lipinski definition) is 7. The number of nitrogens with zero attached hydrogens (tertiary/aromatic N) is 2. The number of rotatable bonds is 23. The molecule has 0 aromatic carbocycles. The third-order valence-electron chi connectivity index (χ3n) is 5.77. The molecule has 1 heterocycles. The van der Waals surface area contributed by atoms with Gasteiger partial charge in [-0.2, -0.15) is 13.9 Å². The lowest BCUT2D eigenvalue weighted by Crippen LogP contribution is -2.36. The van der Waals surface area contributed by atoms with Crippen molar-refractivity contribution in [1.29, 1.82) is 0 Å². The third-order valence-corrected chi connectivity index (χ3v) is 6.75. The fraction of sp³-hybridized carbons (Fsp3) is 0.808. The average molecular weight is 518 g/mol. The molecule has 1 unspecified atom stereocenters. The number of phosphoric acid groups is 1. The first-order chi connectivity index (χ1) is 16.9. The van der Waals surface area contributed by atoms with Crippen molar-refractivity contribution in [2.45, 2.75) is 90.7 Å². The molecule has 0 saturated carbocycles. The molecule has 0 saturated heterocycles. The highest BCUT2D eigenvalue weighted by atomic mass is 31.2. The molecule has 0 aliphatic carbocycles. The molecule has 0 aliphatic rings. The Morgan fingerprint density at radius 1 is 0.886 bits per heavy atom. The van der Waals surface area contributed by atoms with Crippen LogP contribution in [0, 0.1) is 0 Å². The van der Waals surface area contributed by atoms with Gasteiger partial charge in [0.15, 0.2) is 25.5 Å². The molecule has 35 heavy (non-hydrogen) atoms. The molecule has 0 bridgehead atoms. The van der Waals surface area contributed by atoms with Crippen LogP contribution in [0.5, 0.6) is 0 Å². The van der Waals surface area contributed by atoms with Crippen LogP contribution in [0.1, 0.15) is 78.1 Å². The molecular weight excluding hydrogens is 467 g/mol. The molecule has 0 spiro atoms. The molecule has 8 nitrogen and oxygen atoms in total. The highest BCUT2D eigenvalue weighted by molar-refractivity contribution is 7.52. The zero-order valence-electron chi connectivity index (χ0n) is 22.5. The van der Waals surface area contributed by atoms with E-state index < -0.39 is 14.3 Å². The summed E-state index contributed by atoms with van der Waals surface area (Å²) in [6.45, 7) is 6.06. The maximum Gasteiger partial charge on any atom is 0.377 e. The van der Waals surface area contributed by atoms with Gasteiger partial charge >= 0.3 is 8.17 Å². The van der Waals surface area contributed by atoms with Gasteiger partial charge in [-0.3, -0.25) is 0 Å². The van der Waals surface area contributed by atoms with Gasteiger partial charge in [0.2, 0.25) is 0 Å². The zero-order valence-corrected chi connectivity index (χ0v) is 23.4. The minimum absolute atomic E-state index is 0.0513. The van der Waals surface area contributed by atoms with Gasteiger partial charge in [0.05, 0.1) is 6.61 Å². The number of aromatic nitrogens is 1. The van der Waals surface area contributed by atoms with E-state index >= 15 is 0 Å². The standard InChI is InChI=1S/C26H49N2O6P/c1-5-7-8-9-10-11-12-13-14-15-21-31-23-26(32-6-2)24-34-35(29,30)33-22-20-28-18-16-25(17-19-28)27(3)4/h16-19,26H,5-15,20-24H2,1-4H3/p+1/t26-/m1/s1. The first kappa shape index (κ1) is 32.2. The van der Waals surface area contributed by atoms with Crippen LogP contribution in [-0.2, 0) is 25.1 Å². The number of hydrogen-bond donors (Lipinski definition) is 1. The van der Waals surface area contributed by atoms with Crippen LogP contribution in [0.4, 0.5) is 5.69 Å². The number of anilines is 1. The molecule has 1 rings (SSSR count). The summed E-state index contributed by atoms with van der Waals surface area (Å²) in [4.78, 5) is 24.2. The predicted molar refractivity (Wildman–Crippen MR) is 140 cm³/mol. The largest absolute Gasteiger partial charge is 0.606 e. The molecule has 0 radical (unpaired) electrons. The summed E-state index contributed by atoms with van der Waals surface area (Å²) in [6.07, 6.45) is 16.2. The molecule has 2 atom stereocenters. The Morgan fingerprint density at radius 3 is 2.06 bits per heavy atom. The molecule has 1 aromatic heterocycles. The Balaban J connectivity index is 2.13. The molecule has 0 fully saturated rings. The fourth-order valence-electron chi connectivity index (χ4n) is 3.66. The van der Waals surface area contributed by atoms with Gasteiger partial charge in [-0.1, -0.05) is 64.7 Å². The van der Waals surface area contributed by atoms with E-state index in [1.807, 2.05) is 55.0 Å². The molecule has 0 amide bonds. The first-order valence-corrected chi connectivity index (χ1v) is 14.8. The topological polar surface area (TPSA) is 87.3 Å². The summed E-state index contributed by atoms with van der Waals surface area (Å²) in [6, 6.07) is 3.94. The van der Waals surface area contributed by atoms with Crippen LogP contribution < -0.4 is 14.4 Å². The molecule has 0 aliphatic heterocycles. The van der Waals surface area contributed by atoms with E-state index in [2.05, 4.69) is 6.92 Å². The van der Waals surface area contributed by atoms with E-state index in [0.717, 1.165) is 12.1 Å². The maximum atomic E-state index is 12.2. The van der Waals surface area contributed by atoms with Crippen LogP contribution in [-0.4, -0.2) is 58.1 Å². The van der Waals surface area contributed by atoms with E-state index in [4.69, 9.17) is 18.5 Å². The van der Waals surface area contributed by atoms with Crippen LogP contribution in [0.25, 0.3) is 0 Å². The summed E-state index contributed by atoms with van der Waals surface area (Å²) < 4.78 is 23.5. The smallest absolute Gasteiger partial charge is 0.377 e. The molecular formula is C26H50N2O6P+. The minimum atomic E-state index is -4.16. The number of unbranched alkanes of at least 4 members (excludes halogenated alkanes) is 9. The second kappa shape index (κ2) is 20.2. The lowest BCUT2D eigenvalue weighted by molar-refractivity contribution is -0.697. The highest BCUT2D eigenvalue weighted by Gasteiger charge is 2.29. The quantitative estimate of drug-likeness (QED) is 0.130. The van der Waals surface area contributed by atoms with Gasteiger partial charge in [-0.15, -0.1) is 0 Å². The monoisotopic (exact) mass is 517 g/mol. The van der Waals surface area contributed by atoms with Crippen LogP contribution in [0.2, 0.25) is 0 Å². The van der Waals surface area contributed by atoms with Gasteiger partial charge in [0.25, 0.3) is 0 Å². The van der Waals surface area contributed by atoms with E-state index in [0.29, 0.717) is 26.4 Å². The van der Waals surface area contributed by atoms with Gasteiger partial charge in [-0.25, -0.2) is 4.57 Å². The van der Waals surface area contributed by atoms with Crippen molar-refractivity contribution in [1.82, 2.24) is 0 Å². The zero-order chi connectivity index (χ0) is 25.8.